The molecular weight excluding hydrogens is 476 g/mol. The number of aliphatic hydroxyl groups is 1. The van der Waals surface area contributed by atoms with Gasteiger partial charge in [-0.3, -0.25) is 14.4 Å². The van der Waals surface area contributed by atoms with Crippen molar-refractivity contribution in [3.05, 3.63) is 12.2 Å². The van der Waals surface area contributed by atoms with E-state index in [-0.39, 0.29) is 40.3 Å². The molecule has 6 nitrogen and oxygen atoms in total. The summed E-state index contributed by atoms with van der Waals surface area (Å²) in [6, 6.07) is -0.783. The number of ketones is 1. The highest BCUT2D eigenvalue weighted by molar-refractivity contribution is 5.93. The van der Waals surface area contributed by atoms with Gasteiger partial charge in [0.25, 0.3) is 5.91 Å². The first-order valence-electron chi connectivity index (χ1n) is 15.0. The first-order chi connectivity index (χ1) is 17.5. The van der Waals surface area contributed by atoms with E-state index in [4.69, 9.17) is 5.73 Å². The van der Waals surface area contributed by atoms with Crippen LogP contribution in [0.2, 0.25) is 0 Å². The van der Waals surface area contributed by atoms with Crippen LogP contribution >= 0.6 is 0 Å². The lowest BCUT2D eigenvalue weighted by Crippen LogP contribution is -2.59. The van der Waals surface area contributed by atoms with Crippen molar-refractivity contribution in [2.75, 3.05) is 0 Å². The van der Waals surface area contributed by atoms with Gasteiger partial charge in [-0.1, -0.05) is 79.4 Å². The fourth-order valence-electron chi connectivity index (χ4n) is 7.93. The van der Waals surface area contributed by atoms with Gasteiger partial charge in [-0.05, 0) is 74.0 Å². The number of nitrogens with one attached hydrogen (secondary N) is 1. The summed E-state index contributed by atoms with van der Waals surface area (Å²) in [7, 11) is 0. The van der Waals surface area contributed by atoms with Gasteiger partial charge in [0.05, 0.1) is 12.0 Å². The molecular formula is C32H54N2O4. The molecule has 3 saturated carbocycles. The van der Waals surface area contributed by atoms with Crippen molar-refractivity contribution in [3.8, 4) is 0 Å². The lowest BCUT2D eigenvalue weighted by Gasteiger charge is -2.36. The maximum Gasteiger partial charge on any atom is 0.251 e. The van der Waals surface area contributed by atoms with Crippen LogP contribution in [-0.4, -0.2) is 34.3 Å². The Hall–Kier alpha value is -1.69. The number of primary amides is 1. The van der Waals surface area contributed by atoms with Gasteiger partial charge in [-0.25, -0.2) is 0 Å². The Kier molecular flexibility index (Phi) is 9.28. The smallest absolute Gasteiger partial charge is 0.251 e. The number of amides is 2. The molecule has 7 unspecified atom stereocenters. The maximum atomic E-state index is 14.4. The van der Waals surface area contributed by atoms with Crippen molar-refractivity contribution < 1.29 is 19.5 Å². The predicted molar refractivity (Wildman–Crippen MR) is 152 cm³/mol. The second-order valence-corrected chi connectivity index (χ2v) is 14.8. The van der Waals surface area contributed by atoms with Crippen LogP contribution in [-0.2, 0) is 14.4 Å². The molecule has 0 aliphatic heterocycles. The summed E-state index contributed by atoms with van der Waals surface area (Å²) in [6.45, 7) is 18.7. The first-order valence-corrected chi connectivity index (χ1v) is 15.0. The Morgan fingerprint density at radius 1 is 1.11 bits per heavy atom. The second kappa shape index (κ2) is 11.4. The lowest BCUT2D eigenvalue weighted by atomic mass is 9.69. The maximum absolute atomic E-state index is 14.4. The molecule has 0 aromatic rings. The van der Waals surface area contributed by atoms with E-state index in [1.807, 2.05) is 6.92 Å². The zero-order chi connectivity index (χ0) is 28.6. The minimum Gasteiger partial charge on any atom is -0.378 e. The summed E-state index contributed by atoms with van der Waals surface area (Å²) >= 11 is 0. The fourth-order valence-corrected chi connectivity index (χ4v) is 7.93. The average Bonchev–Trinajstić information content (AvgIpc) is 3.15. The van der Waals surface area contributed by atoms with Crippen molar-refractivity contribution >= 4 is 17.6 Å². The zero-order valence-electron chi connectivity index (χ0n) is 25.1. The van der Waals surface area contributed by atoms with Gasteiger partial charge in [0.2, 0.25) is 5.91 Å². The fraction of sp³-hybridized carbons (Fsp3) is 0.844. The highest BCUT2D eigenvalue weighted by atomic mass is 16.3. The van der Waals surface area contributed by atoms with Gasteiger partial charge < -0.3 is 16.2 Å². The second-order valence-electron chi connectivity index (χ2n) is 14.8. The molecule has 0 radical (unpaired) electrons. The Labute approximate surface area is 231 Å². The molecule has 0 heterocycles. The van der Waals surface area contributed by atoms with Gasteiger partial charge in [0.1, 0.15) is 5.78 Å². The molecule has 0 aromatic heterocycles. The average molecular weight is 531 g/mol. The van der Waals surface area contributed by atoms with Crippen LogP contribution in [0.15, 0.2) is 12.2 Å². The highest BCUT2D eigenvalue weighted by Crippen LogP contribution is 2.71. The third-order valence-electron chi connectivity index (χ3n) is 10.1. The van der Waals surface area contributed by atoms with E-state index in [1.165, 1.54) is 13.3 Å². The molecule has 0 spiro atoms. The third-order valence-corrected chi connectivity index (χ3v) is 10.1. The summed E-state index contributed by atoms with van der Waals surface area (Å²) in [5.41, 5.74) is 4.91. The van der Waals surface area contributed by atoms with Crippen molar-refractivity contribution in [3.63, 3.8) is 0 Å². The van der Waals surface area contributed by atoms with Gasteiger partial charge in [0.15, 0.2) is 5.60 Å². The molecule has 0 saturated heterocycles. The molecule has 3 rings (SSSR count). The molecule has 38 heavy (non-hydrogen) atoms. The number of hydrogen-bond donors (Lipinski definition) is 3. The van der Waals surface area contributed by atoms with E-state index in [1.54, 1.807) is 0 Å². The number of rotatable bonds is 12. The monoisotopic (exact) mass is 530 g/mol. The van der Waals surface area contributed by atoms with E-state index in [2.05, 4.69) is 46.5 Å². The summed E-state index contributed by atoms with van der Waals surface area (Å²) in [5, 5.41) is 13.8. The number of carbonyl (C=O) groups excluding carboxylic acids is 3. The van der Waals surface area contributed by atoms with Crippen LogP contribution in [0.1, 0.15) is 113 Å². The van der Waals surface area contributed by atoms with Gasteiger partial charge >= 0.3 is 0 Å². The van der Waals surface area contributed by atoms with Gasteiger partial charge in [-0.2, -0.15) is 0 Å². The normalized spacial score (nSPS) is 30.0. The van der Waals surface area contributed by atoms with E-state index in [0.717, 1.165) is 44.1 Å². The number of hydrogen-bond acceptors (Lipinski definition) is 4. The molecule has 6 heteroatoms. The molecule has 7 atom stereocenters. The Balaban J connectivity index is 1.87. The Morgan fingerprint density at radius 2 is 1.71 bits per heavy atom. The Morgan fingerprint density at radius 3 is 2.24 bits per heavy atom. The van der Waals surface area contributed by atoms with E-state index in [9.17, 15) is 19.5 Å². The van der Waals surface area contributed by atoms with Crippen molar-refractivity contribution in [1.29, 1.82) is 0 Å². The third kappa shape index (κ3) is 6.54. The SMILES string of the molecule is C=C(CC(C(=O)C1CC2C(C1C(=O)NC(CCC)C(C)(O)C(N)=O)C2(C)C)C1CCCCC1)CC(C)(C)C. The molecule has 216 valence electrons. The molecule has 4 N–H and O–H groups in total. The largest absolute Gasteiger partial charge is 0.378 e. The summed E-state index contributed by atoms with van der Waals surface area (Å²) < 4.78 is 0. The molecule has 3 fully saturated rings. The van der Waals surface area contributed by atoms with Crippen LogP contribution in [0, 0.1) is 46.3 Å². The van der Waals surface area contributed by atoms with E-state index in [0.29, 0.717) is 31.1 Å². The van der Waals surface area contributed by atoms with Gasteiger partial charge in [0, 0.05) is 11.8 Å². The van der Waals surface area contributed by atoms with Crippen LogP contribution in [0.3, 0.4) is 0 Å². The lowest BCUT2D eigenvalue weighted by molar-refractivity contribution is -0.143. The number of Topliss-reactive ketones (excluding diaryl/α,β-unsaturated/α-hetero) is 1. The molecule has 0 bridgehead atoms. The molecule has 3 aliphatic carbocycles. The number of carbonyl (C=O) groups is 3. The zero-order valence-corrected chi connectivity index (χ0v) is 25.1. The van der Waals surface area contributed by atoms with E-state index >= 15 is 0 Å². The van der Waals surface area contributed by atoms with Crippen LogP contribution in [0.4, 0.5) is 0 Å². The van der Waals surface area contributed by atoms with Crippen LogP contribution in [0.5, 0.6) is 0 Å². The van der Waals surface area contributed by atoms with Crippen molar-refractivity contribution in [2.45, 2.75) is 124 Å². The number of fused-ring (bicyclic) bond motifs is 1. The molecule has 3 aliphatic rings. The molecule has 2 amide bonds. The minimum absolute atomic E-state index is 0.0153. The van der Waals surface area contributed by atoms with E-state index < -0.39 is 23.5 Å². The Bertz CT molecular complexity index is 909. The quantitative estimate of drug-likeness (QED) is 0.287. The molecule has 0 aromatic carbocycles. The van der Waals surface area contributed by atoms with Crippen molar-refractivity contribution in [1.82, 2.24) is 5.32 Å². The number of nitrogens with two attached hydrogens (primary N) is 1. The van der Waals surface area contributed by atoms with Crippen molar-refractivity contribution in [2.24, 2.45) is 52.1 Å². The standard InChI is InChI=1S/C32H54N2O4/c1-9-13-24(32(8,38)29(33)37)34-28(36)25-22(17-23-26(25)31(23,6)7)27(35)21(20-14-11-10-12-15-20)16-19(2)18-30(3,4)5/h20-26,38H,2,9-18H2,1,3-8H3,(H2,33,37)(H,34,36). The summed E-state index contributed by atoms with van der Waals surface area (Å²) in [4.78, 5) is 40.3. The van der Waals surface area contributed by atoms with Crippen LogP contribution in [0.25, 0.3) is 0 Å². The van der Waals surface area contributed by atoms with Gasteiger partial charge in [-0.15, -0.1) is 0 Å². The topological polar surface area (TPSA) is 109 Å². The first kappa shape index (κ1) is 30.8. The summed E-state index contributed by atoms with van der Waals surface area (Å²) in [6.07, 6.45) is 9.14. The van der Waals surface area contributed by atoms with Crippen LogP contribution < -0.4 is 11.1 Å². The number of allylic oxidation sites excluding steroid dienone is 1. The predicted octanol–water partition coefficient (Wildman–Crippen LogP) is 5.56. The minimum atomic E-state index is -1.85. The summed E-state index contributed by atoms with van der Waals surface area (Å²) in [5.74, 6) is -0.840. The highest BCUT2D eigenvalue weighted by Gasteiger charge is 2.70.